The van der Waals surface area contributed by atoms with E-state index in [1.165, 1.54) is 24.8 Å². The molecule has 3 aliphatic carbocycles. The third-order valence-electron chi connectivity index (χ3n) is 5.96. The molecule has 1 heteroatoms. The Labute approximate surface area is 98.3 Å². The topological polar surface area (TPSA) is 17.1 Å². The molecule has 0 aromatic heterocycles. The van der Waals surface area contributed by atoms with Gasteiger partial charge in [0.15, 0.2) is 5.78 Å². The molecule has 3 aliphatic rings. The van der Waals surface area contributed by atoms with E-state index >= 15 is 0 Å². The van der Waals surface area contributed by atoms with E-state index in [4.69, 9.17) is 0 Å². The third-order valence-corrected chi connectivity index (χ3v) is 5.96. The van der Waals surface area contributed by atoms with Crippen LogP contribution in [0, 0.1) is 22.2 Å². The number of hydrogen-bond acceptors (Lipinski definition) is 1. The minimum Gasteiger partial charge on any atom is -0.295 e. The van der Waals surface area contributed by atoms with E-state index in [0.29, 0.717) is 11.2 Å². The Balaban J connectivity index is 2.22. The second kappa shape index (κ2) is 2.63. The molecule has 0 N–H and O–H groups in total. The summed E-state index contributed by atoms with van der Waals surface area (Å²) in [5.41, 5.74) is 2.29. The van der Waals surface area contributed by atoms with E-state index in [2.05, 4.69) is 27.7 Å². The van der Waals surface area contributed by atoms with Crippen LogP contribution < -0.4 is 0 Å². The highest BCUT2D eigenvalue weighted by Crippen LogP contribution is 2.73. The third kappa shape index (κ3) is 0.959. The van der Waals surface area contributed by atoms with Gasteiger partial charge in [0.25, 0.3) is 0 Å². The summed E-state index contributed by atoms with van der Waals surface area (Å²) in [5.74, 6) is 1.16. The van der Waals surface area contributed by atoms with Crippen molar-refractivity contribution in [3.63, 3.8) is 0 Å². The molecule has 0 heterocycles. The van der Waals surface area contributed by atoms with Crippen molar-refractivity contribution in [3.8, 4) is 0 Å². The molecule has 0 aromatic carbocycles. The Morgan fingerprint density at radius 1 is 1.25 bits per heavy atom. The smallest absolute Gasteiger partial charge is 0.156 e. The average molecular weight is 218 g/mol. The molecule has 2 saturated carbocycles. The van der Waals surface area contributed by atoms with Gasteiger partial charge in [-0.25, -0.2) is 0 Å². The minimum absolute atomic E-state index is 0.177. The molecule has 0 aromatic rings. The predicted octanol–water partition coefficient (Wildman–Crippen LogP) is 3.74. The lowest BCUT2D eigenvalue weighted by atomic mass is 9.53. The van der Waals surface area contributed by atoms with Gasteiger partial charge in [0.2, 0.25) is 0 Å². The number of fused-ring (bicyclic) bond motifs is 1. The van der Waals surface area contributed by atoms with Crippen molar-refractivity contribution < 1.29 is 4.79 Å². The normalized spacial score (nSPS) is 43.1. The van der Waals surface area contributed by atoms with Crippen LogP contribution in [0.2, 0.25) is 0 Å². The van der Waals surface area contributed by atoms with Gasteiger partial charge in [0.1, 0.15) is 0 Å². The molecular weight excluding hydrogens is 196 g/mol. The molecular formula is C15H22O. The molecule has 0 unspecified atom stereocenters. The number of carbonyl (C=O) groups is 1. The number of rotatable bonds is 0. The number of hydrogen-bond donors (Lipinski definition) is 0. The standard InChI is InChI=1S/C15H22O/c1-13(2)9-11(16)7-12-14(3,4)10-5-6-15(12,13)8-10/h7,10H,5-6,8-9H2,1-4H3/t10-,15+/m0/s1. The lowest BCUT2D eigenvalue weighted by molar-refractivity contribution is -0.119. The number of carbonyl (C=O) groups excluding carboxylic acids is 1. The second-order valence-electron chi connectivity index (χ2n) is 7.33. The van der Waals surface area contributed by atoms with E-state index in [1.54, 1.807) is 0 Å². The summed E-state index contributed by atoms with van der Waals surface area (Å²) in [6, 6.07) is 0. The maximum absolute atomic E-state index is 11.9. The Kier molecular flexibility index (Phi) is 1.73. The summed E-state index contributed by atoms with van der Waals surface area (Å²) >= 11 is 0. The molecule has 2 fully saturated rings. The highest BCUT2D eigenvalue weighted by molar-refractivity contribution is 5.93. The molecule has 0 saturated heterocycles. The first-order chi connectivity index (χ1) is 7.30. The number of allylic oxidation sites excluding steroid dienone is 2. The van der Waals surface area contributed by atoms with Crippen molar-refractivity contribution in [3.05, 3.63) is 11.6 Å². The van der Waals surface area contributed by atoms with Gasteiger partial charge < -0.3 is 0 Å². The van der Waals surface area contributed by atoms with Gasteiger partial charge in [-0.2, -0.15) is 0 Å². The van der Waals surface area contributed by atoms with Crippen molar-refractivity contribution in [2.24, 2.45) is 22.2 Å². The van der Waals surface area contributed by atoms with Crippen LogP contribution in [0.15, 0.2) is 11.6 Å². The maximum atomic E-state index is 11.9. The first-order valence-electron chi connectivity index (χ1n) is 6.55. The molecule has 1 nitrogen and oxygen atoms in total. The molecule has 1 spiro atoms. The lowest BCUT2D eigenvalue weighted by Gasteiger charge is -2.50. The zero-order chi connectivity index (χ0) is 11.8. The zero-order valence-corrected chi connectivity index (χ0v) is 10.9. The van der Waals surface area contributed by atoms with Crippen molar-refractivity contribution >= 4 is 5.78 Å². The lowest BCUT2D eigenvalue weighted by Crippen LogP contribution is -2.43. The maximum Gasteiger partial charge on any atom is 0.156 e. The summed E-state index contributed by atoms with van der Waals surface area (Å²) < 4.78 is 0. The summed E-state index contributed by atoms with van der Waals surface area (Å²) in [7, 11) is 0. The fraction of sp³-hybridized carbons (Fsp3) is 0.800. The summed E-state index contributed by atoms with van der Waals surface area (Å²) in [4.78, 5) is 11.9. The molecule has 2 bridgehead atoms. The summed E-state index contributed by atoms with van der Waals surface area (Å²) in [6.07, 6.45) is 6.75. The van der Waals surface area contributed by atoms with E-state index < -0.39 is 0 Å². The van der Waals surface area contributed by atoms with Crippen LogP contribution in [-0.4, -0.2) is 5.78 Å². The van der Waals surface area contributed by atoms with Gasteiger partial charge in [0.05, 0.1) is 0 Å². The fourth-order valence-corrected chi connectivity index (χ4v) is 4.86. The number of ketones is 1. The Morgan fingerprint density at radius 3 is 2.62 bits per heavy atom. The van der Waals surface area contributed by atoms with Gasteiger partial charge in [-0.15, -0.1) is 0 Å². The minimum atomic E-state index is 0.177. The van der Waals surface area contributed by atoms with Crippen molar-refractivity contribution in [2.45, 2.75) is 53.4 Å². The van der Waals surface area contributed by atoms with Gasteiger partial charge in [-0.05, 0) is 47.5 Å². The summed E-state index contributed by atoms with van der Waals surface area (Å²) in [6.45, 7) is 9.31. The molecule has 2 atom stereocenters. The predicted molar refractivity (Wildman–Crippen MR) is 65.0 cm³/mol. The summed E-state index contributed by atoms with van der Waals surface area (Å²) in [5, 5.41) is 0. The first-order valence-corrected chi connectivity index (χ1v) is 6.55. The Morgan fingerprint density at radius 2 is 1.94 bits per heavy atom. The van der Waals surface area contributed by atoms with Gasteiger partial charge in [-0.1, -0.05) is 33.3 Å². The second-order valence-corrected chi connectivity index (χ2v) is 7.33. The average Bonchev–Trinajstić information content (AvgIpc) is 2.63. The van der Waals surface area contributed by atoms with Crippen LogP contribution in [-0.2, 0) is 4.79 Å². The Bertz CT molecular complexity index is 400. The largest absolute Gasteiger partial charge is 0.295 e. The van der Waals surface area contributed by atoms with Crippen molar-refractivity contribution in [2.75, 3.05) is 0 Å². The highest BCUT2D eigenvalue weighted by Gasteiger charge is 2.64. The van der Waals surface area contributed by atoms with Crippen LogP contribution >= 0.6 is 0 Å². The molecule has 0 radical (unpaired) electrons. The Hall–Kier alpha value is -0.590. The molecule has 3 rings (SSSR count). The van der Waals surface area contributed by atoms with Crippen LogP contribution in [0.5, 0.6) is 0 Å². The highest BCUT2D eigenvalue weighted by atomic mass is 16.1. The van der Waals surface area contributed by atoms with E-state index in [-0.39, 0.29) is 10.8 Å². The molecule has 0 aliphatic heterocycles. The van der Waals surface area contributed by atoms with Crippen LogP contribution in [0.4, 0.5) is 0 Å². The zero-order valence-electron chi connectivity index (χ0n) is 10.9. The van der Waals surface area contributed by atoms with E-state index in [1.807, 2.05) is 6.08 Å². The van der Waals surface area contributed by atoms with Crippen LogP contribution in [0.3, 0.4) is 0 Å². The quantitative estimate of drug-likeness (QED) is 0.605. The van der Waals surface area contributed by atoms with Crippen LogP contribution in [0.1, 0.15) is 53.4 Å². The van der Waals surface area contributed by atoms with Gasteiger partial charge in [-0.3, -0.25) is 4.79 Å². The SMILES string of the molecule is CC1(C)C2=CC(=O)CC(C)(C)[C@@]23CC[C@H]1C3. The van der Waals surface area contributed by atoms with E-state index in [9.17, 15) is 4.79 Å². The van der Waals surface area contributed by atoms with Crippen molar-refractivity contribution in [1.82, 2.24) is 0 Å². The van der Waals surface area contributed by atoms with Gasteiger partial charge >= 0.3 is 0 Å². The molecule has 16 heavy (non-hydrogen) atoms. The first kappa shape index (κ1) is 10.6. The van der Waals surface area contributed by atoms with E-state index in [0.717, 1.165) is 12.3 Å². The van der Waals surface area contributed by atoms with Crippen molar-refractivity contribution in [1.29, 1.82) is 0 Å². The van der Waals surface area contributed by atoms with Gasteiger partial charge in [0, 0.05) is 6.42 Å². The fourth-order valence-electron chi connectivity index (χ4n) is 4.86. The molecule has 0 amide bonds. The van der Waals surface area contributed by atoms with Crippen LogP contribution in [0.25, 0.3) is 0 Å². The monoisotopic (exact) mass is 218 g/mol. The molecule has 88 valence electrons.